The molecule has 4 rings (SSSR count). The van der Waals surface area contributed by atoms with E-state index in [0.717, 1.165) is 11.4 Å². The Balaban J connectivity index is 2.01. The van der Waals surface area contributed by atoms with Crippen molar-refractivity contribution in [1.82, 2.24) is 14.9 Å². The lowest BCUT2D eigenvalue weighted by Crippen LogP contribution is -2.41. The largest absolute Gasteiger partial charge is 0.343 e. The summed E-state index contributed by atoms with van der Waals surface area (Å²) in [5, 5.41) is 0. The minimum Gasteiger partial charge on any atom is -0.343 e. The maximum atomic E-state index is 12.5. The van der Waals surface area contributed by atoms with Gasteiger partial charge in [-0.1, -0.05) is 6.07 Å². The molecule has 1 unspecified atom stereocenters. The van der Waals surface area contributed by atoms with Gasteiger partial charge in [0.25, 0.3) is 5.91 Å². The highest BCUT2D eigenvalue weighted by Gasteiger charge is 2.57. The average molecular weight is 267 g/mol. The van der Waals surface area contributed by atoms with Gasteiger partial charge in [-0.15, -0.1) is 0 Å². The van der Waals surface area contributed by atoms with Gasteiger partial charge < -0.3 is 4.74 Å². The van der Waals surface area contributed by atoms with Crippen molar-refractivity contribution in [2.45, 2.75) is 12.6 Å². The van der Waals surface area contributed by atoms with Gasteiger partial charge in [-0.25, -0.2) is 0 Å². The molecule has 4 heterocycles. The van der Waals surface area contributed by atoms with Gasteiger partial charge in [0, 0.05) is 18.4 Å². The Labute approximate surface area is 116 Å². The molecule has 20 heavy (non-hydrogen) atoms. The summed E-state index contributed by atoms with van der Waals surface area (Å²) in [5.41, 5.74) is 1.93. The maximum absolute atomic E-state index is 12.5. The first-order valence-electron chi connectivity index (χ1n) is 6.59. The summed E-state index contributed by atoms with van der Waals surface area (Å²) < 4.78 is 5.98. The first kappa shape index (κ1) is 11.5. The van der Waals surface area contributed by atoms with E-state index in [0.29, 0.717) is 24.4 Å². The van der Waals surface area contributed by atoms with Crippen LogP contribution >= 0.6 is 0 Å². The smallest absolute Gasteiger partial charge is 0.258 e. The normalized spacial score (nSPS) is 23.9. The molecule has 0 aromatic carbocycles. The van der Waals surface area contributed by atoms with E-state index in [2.05, 4.69) is 9.97 Å². The van der Waals surface area contributed by atoms with Crippen LogP contribution in [0.2, 0.25) is 0 Å². The zero-order valence-corrected chi connectivity index (χ0v) is 11.0. The fourth-order valence-electron chi connectivity index (χ4n) is 3.02. The van der Waals surface area contributed by atoms with Crippen molar-refractivity contribution in [2.75, 3.05) is 13.2 Å². The Kier molecular flexibility index (Phi) is 2.23. The predicted octanol–water partition coefficient (Wildman–Crippen LogP) is 1.47. The number of ether oxygens (including phenoxy) is 1. The molecule has 2 aliphatic rings. The van der Waals surface area contributed by atoms with E-state index in [1.54, 1.807) is 23.2 Å². The van der Waals surface area contributed by atoms with E-state index < -0.39 is 5.72 Å². The minimum absolute atomic E-state index is 0.0334. The van der Waals surface area contributed by atoms with Crippen LogP contribution < -0.4 is 0 Å². The number of carbonyl (C=O) groups excluding carboxylic acids is 1. The van der Waals surface area contributed by atoms with E-state index in [9.17, 15) is 4.79 Å². The Morgan fingerprint density at radius 3 is 3.05 bits per heavy atom. The highest BCUT2D eigenvalue weighted by atomic mass is 16.5. The van der Waals surface area contributed by atoms with Crippen LogP contribution in [-0.4, -0.2) is 33.9 Å². The lowest BCUT2D eigenvalue weighted by Gasteiger charge is -2.29. The van der Waals surface area contributed by atoms with Crippen LogP contribution in [-0.2, 0) is 10.5 Å². The van der Waals surface area contributed by atoms with Crippen LogP contribution in [0, 0.1) is 6.92 Å². The average Bonchev–Trinajstić information content (AvgIpc) is 3.00. The predicted molar refractivity (Wildman–Crippen MR) is 71.0 cm³/mol. The standard InChI is InChI=1S/C15H13N3O2/c1-10-4-2-6-12(17-10)15-13-11(5-3-7-16-13)14(19)18(15)8-9-20-15/h2-7H,8-9H2,1H3. The van der Waals surface area contributed by atoms with E-state index in [1.165, 1.54) is 0 Å². The fourth-order valence-corrected chi connectivity index (χ4v) is 3.02. The van der Waals surface area contributed by atoms with Crippen LogP contribution in [0.4, 0.5) is 0 Å². The maximum Gasteiger partial charge on any atom is 0.258 e. The van der Waals surface area contributed by atoms with E-state index in [1.807, 2.05) is 25.1 Å². The van der Waals surface area contributed by atoms with Crippen LogP contribution in [0.15, 0.2) is 36.5 Å². The number of amides is 1. The fraction of sp³-hybridized carbons (Fsp3) is 0.267. The summed E-state index contributed by atoms with van der Waals surface area (Å²) >= 11 is 0. The van der Waals surface area contributed by atoms with Crippen molar-refractivity contribution in [2.24, 2.45) is 0 Å². The lowest BCUT2D eigenvalue weighted by atomic mass is 10.0. The molecule has 0 spiro atoms. The van der Waals surface area contributed by atoms with Crippen LogP contribution in [0.25, 0.3) is 0 Å². The van der Waals surface area contributed by atoms with Gasteiger partial charge in [-0.3, -0.25) is 19.7 Å². The molecule has 100 valence electrons. The zero-order chi connectivity index (χ0) is 13.7. The van der Waals surface area contributed by atoms with Crippen molar-refractivity contribution in [3.05, 3.63) is 59.2 Å². The third-order valence-corrected chi connectivity index (χ3v) is 3.85. The Hall–Kier alpha value is -2.27. The Bertz CT molecular complexity index is 716. The van der Waals surface area contributed by atoms with Crippen LogP contribution in [0.3, 0.4) is 0 Å². The summed E-state index contributed by atoms with van der Waals surface area (Å²) in [7, 11) is 0. The molecule has 0 radical (unpaired) electrons. The summed E-state index contributed by atoms with van der Waals surface area (Å²) in [5.74, 6) is -0.0334. The molecular formula is C15H13N3O2. The van der Waals surface area contributed by atoms with Gasteiger partial charge in [-0.2, -0.15) is 0 Å². The first-order chi connectivity index (χ1) is 9.73. The molecule has 0 N–H and O–H groups in total. The molecule has 5 nitrogen and oxygen atoms in total. The lowest BCUT2D eigenvalue weighted by molar-refractivity contribution is -0.0365. The Morgan fingerprint density at radius 1 is 1.30 bits per heavy atom. The summed E-state index contributed by atoms with van der Waals surface area (Å²) in [6.45, 7) is 2.98. The molecule has 0 bridgehead atoms. The zero-order valence-electron chi connectivity index (χ0n) is 11.0. The highest BCUT2D eigenvalue weighted by Crippen LogP contribution is 2.45. The van der Waals surface area contributed by atoms with Crippen molar-refractivity contribution in [3.8, 4) is 0 Å². The van der Waals surface area contributed by atoms with E-state index >= 15 is 0 Å². The SMILES string of the molecule is Cc1cccc(C23OCCN2C(=O)c2cccnc23)n1. The number of aryl methyl sites for hydroxylation is 1. The van der Waals surface area contributed by atoms with Crippen molar-refractivity contribution in [3.63, 3.8) is 0 Å². The van der Waals surface area contributed by atoms with Crippen molar-refractivity contribution < 1.29 is 9.53 Å². The summed E-state index contributed by atoms with van der Waals surface area (Å²) in [6.07, 6.45) is 1.69. The number of pyridine rings is 2. The monoisotopic (exact) mass is 267 g/mol. The number of hydrogen-bond acceptors (Lipinski definition) is 4. The topological polar surface area (TPSA) is 55.3 Å². The molecule has 2 aliphatic heterocycles. The van der Waals surface area contributed by atoms with E-state index in [-0.39, 0.29) is 5.91 Å². The van der Waals surface area contributed by atoms with Crippen LogP contribution in [0.5, 0.6) is 0 Å². The molecular weight excluding hydrogens is 254 g/mol. The second-order valence-corrected chi connectivity index (χ2v) is 5.01. The van der Waals surface area contributed by atoms with Crippen molar-refractivity contribution in [1.29, 1.82) is 0 Å². The third-order valence-electron chi connectivity index (χ3n) is 3.85. The number of hydrogen-bond donors (Lipinski definition) is 0. The molecule has 2 aromatic rings. The summed E-state index contributed by atoms with van der Waals surface area (Å²) in [6, 6.07) is 9.32. The van der Waals surface area contributed by atoms with Gasteiger partial charge in [0.15, 0.2) is 0 Å². The van der Waals surface area contributed by atoms with Gasteiger partial charge in [0.2, 0.25) is 5.72 Å². The van der Waals surface area contributed by atoms with Crippen molar-refractivity contribution >= 4 is 5.91 Å². The number of carbonyl (C=O) groups is 1. The Morgan fingerprint density at radius 2 is 2.20 bits per heavy atom. The molecule has 1 amide bonds. The van der Waals surface area contributed by atoms with Gasteiger partial charge in [0.1, 0.15) is 5.69 Å². The first-order valence-corrected chi connectivity index (χ1v) is 6.59. The molecule has 1 atom stereocenters. The molecule has 1 saturated heterocycles. The van der Waals surface area contributed by atoms with Gasteiger partial charge in [-0.05, 0) is 31.2 Å². The van der Waals surface area contributed by atoms with Crippen LogP contribution in [0.1, 0.15) is 27.4 Å². The second kappa shape index (κ2) is 3.86. The molecule has 5 heteroatoms. The second-order valence-electron chi connectivity index (χ2n) is 5.01. The highest BCUT2D eigenvalue weighted by molar-refractivity contribution is 5.99. The van der Waals surface area contributed by atoms with E-state index in [4.69, 9.17) is 4.74 Å². The molecule has 1 fully saturated rings. The number of fused-ring (bicyclic) bond motifs is 3. The molecule has 0 saturated carbocycles. The third kappa shape index (κ3) is 1.28. The van der Waals surface area contributed by atoms with Gasteiger partial charge >= 0.3 is 0 Å². The summed E-state index contributed by atoms with van der Waals surface area (Å²) in [4.78, 5) is 23.2. The molecule has 2 aromatic heterocycles. The molecule has 0 aliphatic carbocycles. The van der Waals surface area contributed by atoms with Gasteiger partial charge in [0.05, 0.1) is 17.9 Å². The number of nitrogens with zero attached hydrogens (tertiary/aromatic N) is 3. The number of aromatic nitrogens is 2. The quantitative estimate of drug-likeness (QED) is 0.785. The minimum atomic E-state index is -0.945. The number of rotatable bonds is 1.